The summed E-state index contributed by atoms with van der Waals surface area (Å²) in [5, 5.41) is 6.72. The van der Waals surface area contributed by atoms with Gasteiger partial charge in [0, 0.05) is 24.3 Å². The molecule has 5 heteroatoms. The second-order valence-electron chi connectivity index (χ2n) is 4.69. The van der Waals surface area contributed by atoms with Crippen LogP contribution < -0.4 is 15.4 Å². The van der Waals surface area contributed by atoms with Gasteiger partial charge in [0.25, 0.3) is 0 Å². The van der Waals surface area contributed by atoms with E-state index >= 15 is 0 Å². The van der Waals surface area contributed by atoms with Crippen molar-refractivity contribution in [1.29, 1.82) is 0 Å². The summed E-state index contributed by atoms with van der Waals surface area (Å²) < 4.78 is 5.54. The Hall–Kier alpha value is -1.36. The van der Waals surface area contributed by atoms with Crippen LogP contribution in [0, 0.1) is 6.92 Å². The molecular weight excluding hydrogens is 228 g/mol. The normalized spacial score (nSPS) is 18.9. The van der Waals surface area contributed by atoms with Gasteiger partial charge in [-0.15, -0.1) is 0 Å². The van der Waals surface area contributed by atoms with Crippen molar-refractivity contribution in [2.24, 2.45) is 0 Å². The minimum Gasteiger partial charge on any atom is -0.478 e. The molecule has 1 aliphatic heterocycles. The van der Waals surface area contributed by atoms with E-state index in [2.05, 4.69) is 27.5 Å². The summed E-state index contributed by atoms with van der Waals surface area (Å²) >= 11 is 0. The van der Waals surface area contributed by atoms with Crippen molar-refractivity contribution < 1.29 is 4.74 Å². The first kappa shape index (κ1) is 13.1. The van der Waals surface area contributed by atoms with Gasteiger partial charge in [-0.3, -0.25) is 0 Å². The molecule has 1 saturated heterocycles. The van der Waals surface area contributed by atoms with Crippen molar-refractivity contribution in [2.75, 3.05) is 25.0 Å². The number of hydrogen-bond donors (Lipinski definition) is 2. The van der Waals surface area contributed by atoms with Gasteiger partial charge in [-0.25, -0.2) is 4.98 Å². The van der Waals surface area contributed by atoms with Crippen LogP contribution >= 0.6 is 0 Å². The van der Waals surface area contributed by atoms with Crippen LogP contribution in [0.1, 0.15) is 31.9 Å². The predicted octanol–water partition coefficient (Wildman–Crippen LogP) is 1.74. The highest BCUT2D eigenvalue weighted by atomic mass is 16.5. The number of aromatic nitrogens is 2. The third kappa shape index (κ3) is 3.84. The van der Waals surface area contributed by atoms with Gasteiger partial charge in [0.2, 0.25) is 11.8 Å². The molecule has 2 rings (SSSR count). The van der Waals surface area contributed by atoms with E-state index in [0.717, 1.165) is 25.2 Å². The zero-order valence-electron chi connectivity index (χ0n) is 11.2. The molecule has 0 bridgehead atoms. The predicted molar refractivity (Wildman–Crippen MR) is 72.1 cm³/mol. The topological polar surface area (TPSA) is 59.1 Å². The minimum atomic E-state index is 0.536. The average molecular weight is 250 g/mol. The molecule has 0 aromatic carbocycles. The molecule has 1 aromatic heterocycles. The van der Waals surface area contributed by atoms with Gasteiger partial charge in [-0.1, -0.05) is 6.92 Å². The summed E-state index contributed by atoms with van der Waals surface area (Å²) in [6, 6.07) is 2.41. The van der Waals surface area contributed by atoms with Crippen LogP contribution in [-0.2, 0) is 0 Å². The number of nitrogens with one attached hydrogen (secondary N) is 2. The average Bonchev–Trinajstić information content (AvgIpc) is 2.86. The maximum Gasteiger partial charge on any atom is 0.226 e. The molecule has 2 N–H and O–H groups in total. The highest BCUT2D eigenvalue weighted by Crippen LogP contribution is 2.13. The first-order valence-electron chi connectivity index (χ1n) is 6.73. The minimum absolute atomic E-state index is 0.536. The molecule has 0 radical (unpaired) electrons. The van der Waals surface area contributed by atoms with Gasteiger partial charge >= 0.3 is 0 Å². The Kier molecular flexibility index (Phi) is 4.75. The van der Waals surface area contributed by atoms with E-state index < -0.39 is 0 Å². The van der Waals surface area contributed by atoms with Crippen molar-refractivity contribution in [3.63, 3.8) is 0 Å². The van der Waals surface area contributed by atoms with E-state index in [-0.39, 0.29) is 0 Å². The van der Waals surface area contributed by atoms with Crippen molar-refractivity contribution >= 4 is 5.95 Å². The molecule has 1 aromatic rings. The van der Waals surface area contributed by atoms with Crippen LogP contribution in [0.25, 0.3) is 0 Å². The number of ether oxygens (including phenoxy) is 1. The summed E-state index contributed by atoms with van der Waals surface area (Å²) in [6.07, 6.45) is 3.46. The quantitative estimate of drug-likeness (QED) is 0.805. The fourth-order valence-corrected chi connectivity index (χ4v) is 2.04. The maximum atomic E-state index is 5.54. The van der Waals surface area contributed by atoms with E-state index in [1.54, 1.807) is 0 Å². The van der Waals surface area contributed by atoms with Gasteiger partial charge in [0.05, 0.1) is 6.61 Å². The number of nitrogens with zero attached hydrogens (tertiary/aromatic N) is 2. The Morgan fingerprint density at radius 2 is 2.39 bits per heavy atom. The Morgan fingerprint density at radius 1 is 1.50 bits per heavy atom. The maximum absolute atomic E-state index is 5.54. The molecule has 1 unspecified atom stereocenters. The van der Waals surface area contributed by atoms with Crippen LogP contribution in [0.15, 0.2) is 6.07 Å². The Bertz CT molecular complexity index is 377. The molecule has 0 amide bonds. The van der Waals surface area contributed by atoms with Crippen LogP contribution in [-0.4, -0.2) is 35.7 Å². The van der Waals surface area contributed by atoms with E-state index in [0.29, 0.717) is 24.5 Å². The van der Waals surface area contributed by atoms with Crippen molar-refractivity contribution in [1.82, 2.24) is 15.3 Å². The van der Waals surface area contributed by atoms with Gasteiger partial charge in [-0.2, -0.15) is 4.98 Å². The third-order valence-corrected chi connectivity index (χ3v) is 2.95. The summed E-state index contributed by atoms with van der Waals surface area (Å²) in [5.74, 6) is 1.32. The highest BCUT2D eigenvalue weighted by Gasteiger charge is 2.14. The van der Waals surface area contributed by atoms with Gasteiger partial charge in [0.1, 0.15) is 0 Å². The Labute approximate surface area is 108 Å². The van der Waals surface area contributed by atoms with E-state index in [1.807, 2.05) is 13.0 Å². The monoisotopic (exact) mass is 250 g/mol. The molecule has 0 spiro atoms. The first-order valence-corrected chi connectivity index (χ1v) is 6.73. The van der Waals surface area contributed by atoms with Gasteiger partial charge < -0.3 is 15.4 Å². The van der Waals surface area contributed by atoms with Crippen molar-refractivity contribution in [2.45, 2.75) is 39.2 Å². The summed E-state index contributed by atoms with van der Waals surface area (Å²) in [6.45, 7) is 6.72. The summed E-state index contributed by atoms with van der Waals surface area (Å²) in [4.78, 5) is 8.73. The lowest BCUT2D eigenvalue weighted by Gasteiger charge is -2.12. The Balaban J connectivity index is 1.91. The lowest BCUT2D eigenvalue weighted by atomic mass is 10.2. The zero-order valence-corrected chi connectivity index (χ0v) is 11.2. The number of rotatable bonds is 6. The van der Waals surface area contributed by atoms with Crippen LogP contribution in [0.4, 0.5) is 5.95 Å². The third-order valence-electron chi connectivity index (χ3n) is 2.95. The van der Waals surface area contributed by atoms with Gasteiger partial charge in [0.15, 0.2) is 0 Å². The number of anilines is 1. The zero-order chi connectivity index (χ0) is 12.8. The second kappa shape index (κ2) is 6.54. The molecule has 0 aliphatic carbocycles. The molecule has 2 heterocycles. The fourth-order valence-electron chi connectivity index (χ4n) is 2.04. The fraction of sp³-hybridized carbons (Fsp3) is 0.692. The van der Waals surface area contributed by atoms with Crippen LogP contribution in [0.3, 0.4) is 0 Å². The molecule has 1 aliphatic rings. The Morgan fingerprint density at radius 3 is 3.11 bits per heavy atom. The standard InChI is InChI=1S/C13H22N4O/c1-3-7-18-12-8-10(2)16-13(17-12)15-9-11-5-4-6-14-11/h8,11,14H,3-7,9H2,1-2H3,(H,15,16,17). The van der Waals surface area contributed by atoms with E-state index in [9.17, 15) is 0 Å². The lowest BCUT2D eigenvalue weighted by Crippen LogP contribution is -2.29. The van der Waals surface area contributed by atoms with Crippen LogP contribution in [0.5, 0.6) is 5.88 Å². The van der Waals surface area contributed by atoms with Gasteiger partial charge in [-0.05, 0) is 32.7 Å². The molecule has 0 saturated carbocycles. The number of hydrogen-bond acceptors (Lipinski definition) is 5. The molecular formula is C13H22N4O. The first-order chi connectivity index (χ1) is 8.78. The smallest absolute Gasteiger partial charge is 0.226 e. The van der Waals surface area contributed by atoms with Crippen LogP contribution in [0.2, 0.25) is 0 Å². The van der Waals surface area contributed by atoms with Crippen molar-refractivity contribution in [3.8, 4) is 5.88 Å². The summed E-state index contributed by atoms with van der Waals surface area (Å²) in [7, 11) is 0. The lowest BCUT2D eigenvalue weighted by molar-refractivity contribution is 0.305. The molecule has 1 atom stereocenters. The largest absolute Gasteiger partial charge is 0.478 e. The van der Waals surface area contributed by atoms with Crippen molar-refractivity contribution in [3.05, 3.63) is 11.8 Å². The SMILES string of the molecule is CCCOc1cc(C)nc(NCC2CCCN2)n1. The molecule has 18 heavy (non-hydrogen) atoms. The highest BCUT2D eigenvalue weighted by molar-refractivity contribution is 5.30. The number of aryl methyl sites for hydroxylation is 1. The van der Waals surface area contributed by atoms with E-state index in [1.165, 1.54) is 12.8 Å². The second-order valence-corrected chi connectivity index (χ2v) is 4.69. The molecule has 5 nitrogen and oxygen atoms in total. The van der Waals surface area contributed by atoms with E-state index in [4.69, 9.17) is 4.74 Å². The molecule has 100 valence electrons. The summed E-state index contributed by atoms with van der Waals surface area (Å²) in [5.41, 5.74) is 0.929. The molecule has 1 fully saturated rings.